The fraction of sp³-hybridized carbons (Fsp3) is 0.667. The summed E-state index contributed by atoms with van der Waals surface area (Å²) in [5.74, 6) is 1.55. The Labute approximate surface area is 54.7 Å². The molecule has 1 fully saturated rings. The van der Waals surface area contributed by atoms with Crippen molar-refractivity contribution in [2.75, 3.05) is 7.05 Å². The van der Waals surface area contributed by atoms with E-state index in [1.807, 2.05) is 0 Å². The molecule has 0 bridgehead atoms. The van der Waals surface area contributed by atoms with Gasteiger partial charge in [-0.3, -0.25) is 10.4 Å². The number of nitrogens with zero attached hydrogens (tertiary/aromatic N) is 1. The molecule has 0 spiro atoms. The summed E-state index contributed by atoms with van der Waals surface area (Å²) in [6.07, 6.45) is 2.94. The molecule has 3 heteroatoms. The fourth-order valence-corrected chi connectivity index (χ4v) is 0.899. The maximum absolute atomic E-state index is 7.23. The number of hydrogen-bond donors (Lipinski definition) is 2. The van der Waals surface area contributed by atoms with E-state index >= 15 is 0 Å². The SMILES string of the molecule is CN=C1CCCC(=N)N1. The molecule has 0 amide bonds. The predicted octanol–water partition coefficient (Wildman–Crippen LogP) is 0.765. The molecule has 3 nitrogen and oxygen atoms in total. The minimum absolute atomic E-state index is 0.599. The highest BCUT2D eigenvalue weighted by Gasteiger charge is 2.07. The van der Waals surface area contributed by atoms with Gasteiger partial charge in [-0.2, -0.15) is 0 Å². The second kappa shape index (κ2) is 2.62. The molecular formula is C6H11N3. The van der Waals surface area contributed by atoms with Crippen molar-refractivity contribution in [1.82, 2.24) is 5.32 Å². The lowest BCUT2D eigenvalue weighted by Crippen LogP contribution is -2.33. The van der Waals surface area contributed by atoms with Crippen molar-refractivity contribution in [1.29, 1.82) is 5.41 Å². The summed E-state index contributed by atoms with van der Waals surface area (Å²) in [5, 5.41) is 10.1. The number of piperidine rings is 1. The highest BCUT2D eigenvalue weighted by Crippen LogP contribution is 2.02. The number of aliphatic imine (C=N–C) groups is 1. The van der Waals surface area contributed by atoms with E-state index in [0.29, 0.717) is 5.84 Å². The summed E-state index contributed by atoms with van der Waals surface area (Å²) in [6, 6.07) is 0. The third kappa shape index (κ3) is 1.52. The van der Waals surface area contributed by atoms with E-state index in [1.165, 1.54) is 0 Å². The second-order valence-electron chi connectivity index (χ2n) is 2.13. The average Bonchev–Trinajstić information content (AvgIpc) is 1.88. The maximum atomic E-state index is 7.23. The Hall–Kier alpha value is -0.860. The minimum Gasteiger partial charge on any atom is -0.333 e. The van der Waals surface area contributed by atoms with Gasteiger partial charge in [0.05, 0.1) is 5.84 Å². The van der Waals surface area contributed by atoms with Gasteiger partial charge in [0.2, 0.25) is 0 Å². The summed E-state index contributed by atoms with van der Waals surface area (Å²) < 4.78 is 0. The lowest BCUT2D eigenvalue weighted by Gasteiger charge is -2.15. The average molecular weight is 125 g/mol. The Morgan fingerprint density at radius 3 is 2.78 bits per heavy atom. The molecule has 9 heavy (non-hydrogen) atoms. The van der Waals surface area contributed by atoms with Crippen LogP contribution in [0.3, 0.4) is 0 Å². The molecule has 0 aromatic carbocycles. The maximum Gasteiger partial charge on any atom is 0.101 e. The molecule has 0 radical (unpaired) electrons. The van der Waals surface area contributed by atoms with Gasteiger partial charge < -0.3 is 5.32 Å². The molecule has 2 N–H and O–H groups in total. The highest BCUT2D eigenvalue weighted by molar-refractivity contribution is 6.01. The van der Waals surface area contributed by atoms with Gasteiger partial charge in [-0.05, 0) is 6.42 Å². The van der Waals surface area contributed by atoms with Crippen molar-refractivity contribution in [3.63, 3.8) is 0 Å². The highest BCUT2D eigenvalue weighted by atomic mass is 15.0. The molecule has 0 saturated carbocycles. The number of rotatable bonds is 0. The summed E-state index contributed by atoms with van der Waals surface area (Å²) in [6.45, 7) is 0. The molecule has 1 aliphatic rings. The Balaban J connectivity index is 2.51. The van der Waals surface area contributed by atoms with Gasteiger partial charge in [-0.1, -0.05) is 0 Å². The first-order valence-corrected chi connectivity index (χ1v) is 3.13. The summed E-state index contributed by atoms with van der Waals surface area (Å²) >= 11 is 0. The van der Waals surface area contributed by atoms with Crippen LogP contribution in [0.25, 0.3) is 0 Å². The number of nitrogens with one attached hydrogen (secondary N) is 2. The van der Waals surface area contributed by atoms with Crippen LogP contribution in [-0.2, 0) is 0 Å². The van der Waals surface area contributed by atoms with E-state index < -0.39 is 0 Å². The normalized spacial score (nSPS) is 24.1. The zero-order valence-electron chi connectivity index (χ0n) is 5.57. The van der Waals surface area contributed by atoms with Gasteiger partial charge >= 0.3 is 0 Å². The Morgan fingerprint density at radius 2 is 2.33 bits per heavy atom. The minimum atomic E-state index is 0.599. The first-order chi connectivity index (χ1) is 4.33. The van der Waals surface area contributed by atoms with Gasteiger partial charge in [0.15, 0.2) is 0 Å². The van der Waals surface area contributed by atoms with Crippen molar-refractivity contribution >= 4 is 11.7 Å². The van der Waals surface area contributed by atoms with Gasteiger partial charge in [-0.15, -0.1) is 0 Å². The van der Waals surface area contributed by atoms with Crippen LogP contribution >= 0.6 is 0 Å². The quantitative estimate of drug-likeness (QED) is 0.493. The van der Waals surface area contributed by atoms with E-state index in [-0.39, 0.29) is 0 Å². The zero-order chi connectivity index (χ0) is 6.69. The molecule has 50 valence electrons. The molecule has 1 heterocycles. The molecule has 1 aliphatic heterocycles. The smallest absolute Gasteiger partial charge is 0.101 e. The number of amidine groups is 2. The van der Waals surface area contributed by atoms with E-state index in [1.54, 1.807) is 7.05 Å². The molecule has 0 unspecified atom stereocenters. The van der Waals surface area contributed by atoms with Crippen LogP contribution in [0.4, 0.5) is 0 Å². The molecular weight excluding hydrogens is 114 g/mol. The van der Waals surface area contributed by atoms with Gasteiger partial charge in [0.25, 0.3) is 0 Å². The first kappa shape index (κ1) is 6.26. The molecule has 0 aliphatic carbocycles. The number of hydrogen-bond acceptors (Lipinski definition) is 2. The van der Waals surface area contributed by atoms with E-state index in [2.05, 4.69) is 10.3 Å². The van der Waals surface area contributed by atoms with Crippen molar-refractivity contribution < 1.29 is 0 Å². The van der Waals surface area contributed by atoms with Gasteiger partial charge in [0, 0.05) is 19.9 Å². The van der Waals surface area contributed by atoms with Crippen LogP contribution < -0.4 is 5.32 Å². The van der Waals surface area contributed by atoms with E-state index in [0.717, 1.165) is 25.1 Å². The predicted molar refractivity (Wildman–Crippen MR) is 38.1 cm³/mol. The van der Waals surface area contributed by atoms with Crippen molar-refractivity contribution in [2.45, 2.75) is 19.3 Å². The lowest BCUT2D eigenvalue weighted by atomic mass is 10.1. The van der Waals surface area contributed by atoms with Crippen LogP contribution in [0.2, 0.25) is 0 Å². The monoisotopic (exact) mass is 125 g/mol. The molecule has 0 aromatic heterocycles. The summed E-state index contributed by atoms with van der Waals surface area (Å²) in [7, 11) is 1.75. The third-order valence-corrected chi connectivity index (χ3v) is 1.41. The Kier molecular flexibility index (Phi) is 1.82. The van der Waals surface area contributed by atoms with Crippen molar-refractivity contribution in [2.24, 2.45) is 4.99 Å². The van der Waals surface area contributed by atoms with Crippen LogP contribution in [0.1, 0.15) is 19.3 Å². The van der Waals surface area contributed by atoms with Crippen LogP contribution in [-0.4, -0.2) is 18.7 Å². The molecule has 1 saturated heterocycles. The first-order valence-electron chi connectivity index (χ1n) is 3.13. The van der Waals surface area contributed by atoms with E-state index in [9.17, 15) is 0 Å². The largest absolute Gasteiger partial charge is 0.333 e. The van der Waals surface area contributed by atoms with Gasteiger partial charge in [-0.25, -0.2) is 0 Å². The van der Waals surface area contributed by atoms with Crippen LogP contribution in [0.5, 0.6) is 0 Å². The van der Waals surface area contributed by atoms with E-state index in [4.69, 9.17) is 5.41 Å². The second-order valence-corrected chi connectivity index (χ2v) is 2.13. The third-order valence-electron chi connectivity index (χ3n) is 1.41. The summed E-state index contributed by atoms with van der Waals surface area (Å²) in [5.41, 5.74) is 0. The zero-order valence-corrected chi connectivity index (χ0v) is 5.57. The molecule has 1 rings (SSSR count). The topological polar surface area (TPSA) is 48.2 Å². The van der Waals surface area contributed by atoms with Crippen molar-refractivity contribution in [3.8, 4) is 0 Å². The summed E-state index contributed by atoms with van der Waals surface area (Å²) in [4.78, 5) is 3.96. The van der Waals surface area contributed by atoms with Crippen LogP contribution in [0, 0.1) is 5.41 Å². The van der Waals surface area contributed by atoms with Crippen molar-refractivity contribution in [3.05, 3.63) is 0 Å². The molecule has 0 atom stereocenters. The standard InChI is InChI=1S/C6H11N3/c1-8-6-4-2-3-5(7)9-6/h2-4H2,1H3,(H2,7,8,9). The molecule has 0 aromatic rings. The van der Waals surface area contributed by atoms with Gasteiger partial charge in [0.1, 0.15) is 5.84 Å². The lowest BCUT2D eigenvalue weighted by molar-refractivity contribution is 0.840. The van der Waals surface area contributed by atoms with Crippen LogP contribution in [0.15, 0.2) is 4.99 Å². The Bertz CT molecular complexity index is 148. The fourth-order valence-electron chi connectivity index (χ4n) is 0.899. The Morgan fingerprint density at radius 1 is 1.56 bits per heavy atom.